The number of hydrogen-bond donors (Lipinski definition) is 0. The normalized spacial score (nSPS) is 22.9. The highest BCUT2D eigenvalue weighted by Gasteiger charge is 2.14. The molecule has 1 rings (SSSR count). The SMILES string of the molecule is CC1=C[C@@H](CCC=O)C(C)=N1. The smallest absolute Gasteiger partial charge is 0.120 e. The first kappa shape index (κ1) is 8.18. The van der Waals surface area contributed by atoms with Crippen LogP contribution in [-0.2, 0) is 4.79 Å². The topological polar surface area (TPSA) is 29.4 Å². The van der Waals surface area contributed by atoms with E-state index >= 15 is 0 Å². The van der Waals surface area contributed by atoms with Gasteiger partial charge in [0, 0.05) is 23.7 Å². The average Bonchev–Trinajstić information content (AvgIpc) is 2.26. The molecule has 60 valence electrons. The molecule has 1 atom stereocenters. The van der Waals surface area contributed by atoms with Gasteiger partial charge in [0.1, 0.15) is 6.29 Å². The number of carbonyl (C=O) groups excluding carboxylic acids is 1. The molecule has 0 bridgehead atoms. The molecule has 2 nitrogen and oxygen atoms in total. The second-order valence-electron chi connectivity index (χ2n) is 2.91. The van der Waals surface area contributed by atoms with Crippen LogP contribution in [0.1, 0.15) is 26.7 Å². The number of allylic oxidation sites excluding steroid dienone is 2. The Morgan fingerprint density at radius 1 is 1.64 bits per heavy atom. The summed E-state index contributed by atoms with van der Waals surface area (Å²) in [5.41, 5.74) is 2.22. The predicted octanol–water partition coefficient (Wildman–Crippen LogP) is 1.96. The second kappa shape index (κ2) is 3.46. The molecule has 0 fully saturated rings. The van der Waals surface area contributed by atoms with Crippen molar-refractivity contribution in [3.05, 3.63) is 11.8 Å². The highest BCUT2D eigenvalue weighted by molar-refractivity contribution is 5.89. The van der Waals surface area contributed by atoms with Crippen molar-refractivity contribution < 1.29 is 4.79 Å². The molecule has 0 radical (unpaired) electrons. The maximum absolute atomic E-state index is 10.1. The highest BCUT2D eigenvalue weighted by atomic mass is 16.1. The van der Waals surface area contributed by atoms with Crippen molar-refractivity contribution in [3.63, 3.8) is 0 Å². The summed E-state index contributed by atoms with van der Waals surface area (Å²) in [6.45, 7) is 4.01. The van der Waals surface area contributed by atoms with Crippen molar-refractivity contribution in [2.24, 2.45) is 10.9 Å². The van der Waals surface area contributed by atoms with Crippen LogP contribution in [0.5, 0.6) is 0 Å². The fraction of sp³-hybridized carbons (Fsp3) is 0.556. The lowest BCUT2D eigenvalue weighted by Gasteiger charge is -2.03. The summed E-state index contributed by atoms with van der Waals surface area (Å²) in [6, 6.07) is 0. The standard InChI is InChI=1S/C9H13NO/c1-7-6-9(4-3-5-11)8(2)10-7/h5-6,9H,3-4H2,1-2H3/t9-/m1/s1. The van der Waals surface area contributed by atoms with Gasteiger partial charge >= 0.3 is 0 Å². The predicted molar refractivity (Wildman–Crippen MR) is 45.7 cm³/mol. The van der Waals surface area contributed by atoms with E-state index in [0.717, 1.165) is 24.1 Å². The summed E-state index contributed by atoms with van der Waals surface area (Å²) in [5.74, 6) is 0.417. The number of aldehydes is 1. The van der Waals surface area contributed by atoms with Gasteiger partial charge in [-0.1, -0.05) is 6.08 Å². The molecule has 0 aromatic carbocycles. The van der Waals surface area contributed by atoms with E-state index in [0.29, 0.717) is 12.3 Å². The number of hydrogen-bond acceptors (Lipinski definition) is 2. The van der Waals surface area contributed by atoms with Crippen LogP contribution in [-0.4, -0.2) is 12.0 Å². The van der Waals surface area contributed by atoms with Crippen molar-refractivity contribution in [3.8, 4) is 0 Å². The van der Waals surface area contributed by atoms with E-state index in [9.17, 15) is 4.79 Å². The minimum Gasteiger partial charge on any atom is -0.303 e. The van der Waals surface area contributed by atoms with Gasteiger partial charge < -0.3 is 4.79 Å². The zero-order valence-corrected chi connectivity index (χ0v) is 7.00. The monoisotopic (exact) mass is 151 g/mol. The molecule has 0 spiro atoms. The van der Waals surface area contributed by atoms with Crippen LogP contribution in [0.25, 0.3) is 0 Å². The zero-order chi connectivity index (χ0) is 8.27. The Labute approximate surface area is 67.0 Å². The first-order chi connectivity index (χ1) is 5.24. The Hall–Kier alpha value is -0.920. The number of nitrogens with zero attached hydrogens (tertiary/aromatic N) is 1. The molecule has 1 heterocycles. The molecular weight excluding hydrogens is 138 g/mol. The van der Waals surface area contributed by atoms with Gasteiger partial charge in [-0.2, -0.15) is 0 Å². The van der Waals surface area contributed by atoms with Gasteiger partial charge in [0.25, 0.3) is 0 Å². The highest BCUT2D eigenvalue weighted by Crippen LogP contribution is 2.20. The van der Waals surface area contributed by atoms with Crippen molar-refractivity contribution in [2.75, 3.05) is 0 Å². The maximum Gasteiger partial charge on any atom is 0.120 e. The quantitative estimate of drug-likeness (QED) is 0.567. The van der Waals surface area contributed by atoms with Crippen LogP contribution >= 0.6 is 0 Å². The second-order valence-corrected chi connectivity index (χ2v) is 2.91. The molecular formula is C9H13NO. The largest absolute Gasteiger partial charge is 0.303 e. The molecule has 0 unspecified atom stereocenters. The summed E-state index contributed by atoms with van der Waals surface area (Å²) >= 11 is 0. The molecule has 1 aliphatic rings. The van der Waals surface area contributed by atoms with E-state index in [1.165, 1.54) is 0 Å². The summed E-state index contributed by atoms with van der Waals surface area (Å²) in [5, 5.41) is 0. The molecule has 0 aromatic rings. The van der Waals surface area contributed by atoms with Crippen LogP contribution in [0, 0.1) is 5.92 Å². The third kappa shape index (κ3) is 2.00. The molecule has 0 saturated carbocycles. The number of aliphatic imine (C=N–C) groups is 1. The minimum absolute atomic E-state index is 0.417. The van der Waals surface area contributed by atoms with E-state index in [-0.39, 0.29) is 0 Å². The van der Waals surface area contributed by atoms with Gasteiger partial charge in [0.2, 0.25) is 0 Å². The van der Waals surface area contributed by atoms with Gasteiger partial charge in [0.15, 0.2) is 0 Å². The lowest BCUT2D eigenvalue weighted by atomic mass is 10.0. The number of carbonyl (C=O) groups is 1. The first-order valence-electron chi connectivity index (χ1n) is 3.91. The van der Waals surface area contributed by atoms with Crippen LogP contribution in [0.3, 0.4) is 0 Å². The third-order valence-electron chi connectivity index (χ3n) is 1.93. The molecule has 0 amide bonds. The Balaban J connectivity index is 2.48. The van der Waals surface area contributed by atoms with Crippen molar-refractivity contribution in [1.29, 1.82) is 0 Å². The Bertz CT molecular complexity index is 216. The number of rotatable bonds is 3. The zero-order valence-electron chi connectivity index (χ0n) is 7.00. The minimum atomic E-state index is 0.417. The van der Waals surface area contributed by atoms with E-state index < -0.39 is 0 Å². The van der Waals surface area contributed by atoms with Crippen LogP contribution in [0.2, 0.25) is 0 Å². The van der Waals surface area contributed by atoms with Crippen molar-refractivity contribution >= 4 is 12.0 Å². The van der Waals surface area contributed by atoms with Gasteiger partial charge in [-0.25, -0.2) is 0 Å². The van der Waals surface area contributed by atoms with E-state index in [2.05, 4.69) is 11.1 Å². The average molecular weight is 151 g/mol. The molecule has 11 heavy (non-hydrogen) atoms. The van der Waals surface area contributed by atoms with E-state index in [1.54, 1.807) is 0 Å². The Morgan fingerprint density at radius 2 is 2.36 bits per heavy atom. The molecule has 2 heteroatoms. The van der Waals surface area contributed by atoms with E-state index in [4.69, 9.17) is 0 Å². The van der Waals surface area contributed by atoms with Crippen LogP contribution in [0.4, 0.5) is 0 Å². The van der Waals surface area contributed by atoms with Crippen molar-refractivity contribution in [1.82, 2.24) is 0 Å². The first-order valence-corrected chi connectivity index (χ1v) is 3.91. The molecule has 0 aromatic heterocycles. The van der Waals surface area contributed by atoms with Gasteiger partial charge in [0.05, 0.1) is 0 Å². The molecule has 0 aliphatic carbocycles. The van der Waals surface area contributed by atoms with Crippen LogP contribution in [0.15, 0.2) is 16.8 Å². The maximum atomic E-state index is 10.1. The van der Waals surface area contributed by atoms with Crippen LogP contribution < -0.4 is 0 Å². The molecule has 0 N–H and O–H groups in total. The van der Waals surface area contributed by atoms with Crippen molar-refractivity contribution in [2.45, 2.75) is 26.7 Å². The molecule has 1 aliphatic heterocycles. The lowest BCUT2D eigenvalue weighted by Crippen LogP contribution is -2.04. The summed E-state index contributed by atoms with van der Waals surface area (Å²) in [7, 11) is 0. The van der Waals surface area contributed by atoms with E-state index in [1.807, 2.05) is 13.8 Å². The molecule has 0 saturated heterocycles. The van der Waals surface area contributed by atoms with Gasteiger partial charge in [-0.15, -0.1) is 0 Å². The fourth-order valence-electron chi connectivity index (χ4n) is 1.35. The lowest BCUT2D eigenvalue weighted by molar-refractivity contribution is -0.107. The summed E-state index contributed by atoms with van der Waals surface area (Å²) < 4.78 is 0. The van der Waals surface area contributed by atoms with Gasteiger partial charge in [-0.05, 0) is 20.3 Å². The fourth-order valence-corrected chi connectivity index (χ4v) is 1.35. The Morgan fingerprint density at radius 3 is 2.82 bits per heavy atom. The summed E-state index contributed by atoms with van der Waals surface area (Å²) in [6.07, 6.45) is 4.64. The van der Waals surface area contributed by atoms with Gasteiger partial charge in [-0.3, -0.25) is 4.99 Å². The summed E-state index contributed by atoms with van der Waals surface area (Å²) in [4.78, 5) is 14.4. The third-order valence-corrected chi connectivity index (χ3v) is 1.93. The Kier molecular flexibility index (Phi) is 2.58.